The van der Waals surface area contributed by atoms with Gasteiger partial charge in [0.1, 0.15) is 0 Å². The zero-order valence-corrected chi connectivity index (χ0v) is 14.0. The number of Topliss-reactive ketones (excluding diaryl/α,β-unsaturated/α-hetero) is 1. The van der Waals surface area contributed by atoms with Crippen LogP contribution in [0.3, 0.4) is 0 Å². The lowest BCUT2D eigenvalue weighted by Gasteiger charge is -2.22. The van der Waals surface area contributed by atoms with Crippen molar-refractivity contribution in [3.05, 3.63) is 65.2 Å². The largest absolute Gasteiger partial charge is 0.375 e. The fourth-order valence-electron chi connectivity index (χ4n) is 3.20. The molecule has 4 nitrogen and oxygen atoms in total. The number of rotatable bonds is 5. The van der Waals surface area contributed by atoms with Gasteiger partial charge in [-0.25, -0.2) is 0 Å². The van der Waals surface area contributed by atoms with E-state index in [2.05, 4.69) is 0 Å². The molecule has 0 saturated carbocycles. The number of fused-ring (bicyclic) bond motifs is 1. The maximum atomic E-state index is 12.8. The highest BCUT2D eigenvalue weighted by Gasteiger charge is 2.50. The summed E-state index contributed by atoms with van der Waals surface area (Å²) in [7, 11) is 0. The van der Waals surface area contributed by atoms with E-state index < -0.39 is 11.5 Å². The van der Waals surface area contributed by atoms with Gasteiger partial charge < -0.3 is 10.0 Å². The normalized spacial score (nSPS) is 19.5. The van der Waals surface area contributed by atoms with E-state index in [1.165, 1.54) is 0 Å². The van der Waals surface area contributed by atoms with Crippen molar-refractivity contribution in [3.8, 4) is 0 Å². The van der Waals surface area contributed by atoms with Crippen molar-refractivity contribution in [2.75, 3.05) is 11.4 Å². The molecular weight excluding hydrogens is 302 g/mol. The van der Waals surface area contributed by atoms with Crippen LogP contribution < -0.4 is 4.90 Å². The van der Waals surface area contributed by atoms with Crippen LogP contribution in [-0.2, 0) is 10.4 Å². The first-order chi connectivity index (χ1) is 11.5. The number of benzene rings is 2. The highest BCUT2D eigenvalue weighted by molar-refractivity contribution is 6.10. The van der Waals surface area contributed by atoms with Crippen LogP contribution in [0.1, 0.15) is 41.3 Å². The van der Waals surface area contributed by atoms with Gasteiger partial charge in [-0.2, -0.15) is 0 Å². The Balaban J connectivity index is 1.95. The molecule has 0 bridgehead atoms. The Morgan fingerprint density at radius 3 is 2.46 bits per heavy atom. The minimum atomic E-state index is -1.78. The monoisotopic (exact) mass is 323 g/mol. The molecular formula is C20H21NO3. The standard InChI is InChI=1S/C20H21NO3/c1-3-12-21-17-7-5-4-6-16(17)20(24,19(21)23)13-18(22)15-10-8-14(2)9-11-15/h4-11,24H,3,12-13H2,1-2H3. The number of nitrogens with zero attached hydrogens (tertiary/aromatic N) is 1. The van der Waals surface area contributed by atoms with Gasteiger partial charge in [0.15, 0.2) is 11.4 Å². The Kier molecular flexibility index (Phi) is 4.24. The van der Waals surface area contributed by atoms with E-state index in [1.54, 1.807) is 29.2 Å². The summed E-state index contributed by atoms with van der Waals surface area (Å²) in [5, 5.41) is 11.1. The summed E-state index contributed by atoms with van der Waals surface area (Å²) >= 11 is 0. The molecule has 2 aromatic carbocycles. The summed E-state index contributed by atoms with van der Waals surface area (Å²) in [5.41, 5.74) is 0.996. The van der Waals surface area contributed by atoms with Crippen LogP contribution >= 0.6 is 0 Å². The van der Waals surface area contributed by atoms with Gasteiger partial charge in [0, 0.05) is 17.7 Å². The predicted molar refractivity (Wildman–Crippen MR) is 93.1 cm³/mol. The van der Waals surface area contributed by atoms with E-state index in [-0.39, 0.29) is 12.2 Å². The van der Waals surface area contributed by atoms with Gasteiger partial charge in [-0.05, 0) is 19.4 Å². The van der Waals surface area contributed by atoms with Crippen LogP contribution in [0.15, 0.2) is 48.5 Å². The van der Waals surface area contributed by atoms with E-state index in [0.29, 0.717) is 23.4 Å². The van der Waals surface area contributed by atoms with Crippen LogP contribution in [-0.4, -0.2) is 23.3 Å². The number of ketones is 1. The number of aliphatic hydroxyl groups is 1. The minimum absolute atomic E-state index is 0.237. The Hall–Kier alpha value is -2.46. The molecule has 124 valence electrons. The van der Waals surface area contributed by atoms with Crippen LogP contribution in [0.25, 0.3) is 0 Å². The molecule has 1 aliphatic heterocycles. The number of carbonyl (C=O) groups excluding carboxylic acids is 2. The van der Waals surface area contributed by atoms with Gasteiger partial charge in [0.25, 0.3) is 5.91 Å². The molecule has 1 N–H and O–H groups in total. The molecule has 4 heteroatoms. The van der Waals surface area contributed by atoms with Gasteiger partial charge in [-0.3, -0.25) is 9.59 Å². The second-order valence-electron chi connectivity index (χ2n) is 6.30. The number of carbonyl (C=O) groups is 2. The first kappa shape index (κ1) is 16.4. The predicted octanol–water partition coefficient (Wildman–Crippen LogP) is 3.21. The molecule has 0 saturated heterocycles. The summed E-state index contributed by atoms with van der Waals surface area (Å²) in [6.45, 7) is 4.45. The van der Waals surface area contributed by atoms with Crippen molar-refractivity contribution in [3.63, 3.8) is 0 Å². The molecule has 0 aromatic heterocycles. The summed E-state index contributed by atoms with van der Waals surface area (Å²) in [4.78, 5) is 27.0. The number of aryl methyl sites for hydroxylation is 1. The molecule has 3 rings (SSSR count). The third kappa shape index (κ3) is 2.63. The summed E-state index contributed by atoms with van der Waals surface area (Å²) < 4.78 is 0. The summed E-state index contributed by atoms with van der Waals surface area (Å²) in [6.07, 6.45) is 0.536. The van der Waals surface area contributed by atoms with Crippen LogP contribution in [0, 0.1) is 6.92 Å². The van der Waals surface area contributed by atoms with Gasteiger partial charge in [-0.15, -0.1) is 0 Å². The van der Waals surface area contributed by atoms with Gasteiger partial charge in [-0.1, -0.05) is 55.0 Å². The second kappa shape index (κ2) is 6.21. The van der Waals surface area contributed by atoms with Crippen molar-refractivity contribution in [2.45, 2.75) is 32.3 Å². The van der Waals surface area contributed by atoms with E-state index in [0.717, 1.165) is 12.0 Å². The molecule has 1 atom stereocenters. The quantitative estimate of drug-likeness (QED) is 0.860. The van der Waals surface area contributed by atoms with Crippen LogP contribution in [0.2, 0.25) is 0 Å². The number of hydrogen-bond donors (Lipinski definition) is 1. The lowest BCUT2D eigenvalue weighted by molar-refractivity contribution is -0.135. The average Bonchev–Trinajstić information content (AvgIpc) is 2.78. The lowest BCUT2D eigenvalue weighted by Crippen LogP contribution is -2.42. The molecule has 1 amide bonds. The molecule has 0 fully saturated rings. The lowest BCUT2D eigenvalue weighted by atomic mass is 9.88. The highest BCUT2D eigenvalue weighted by Crippen LogP contribution is 2.42. The SMILES string of the molecule is CCCN1C(=O)C(O)(CC(=O)c2ccc(C)cc2)c2ccccc21. The van der Waals surface area contributed by atoms with Crippen molar-refractivity contribution < 1.29 is 14.7 Å². The minimum Gasteiger partial charge on any atom is -0.375 e. The third-order valence-electron chi connectivity index (χ3n) is 4.48. The Bertz CT molecular complexity index is 782. The molecule has 0 spiro atoms. The van der Waals surface area contributed by atoms with Crippen LogP contribution in [0.4, 0.5) is 5.69 Å². The summed E-state index contributed by atoms with van der Waals surface area (Å²) in [5.74, 6) is -0.648. The number of hydrogen-bond acceptors (Lipinski definition) is 3. The molecule has 24 heavy (non-hydrogen) atoms. The summed E-state index contributed by atoms with van der Waals surface area (Å²) in [6, 6.07) is 14.3. The molecule has 1 aliphatic rings. The van der Waals surface area contributed by atoms with Gasteiger partial charge in [0.05, 0.1) is 12.1 Å². The first-order valence-electron chi connectivity index (χ1n) is 8.21. The zero-order valence-electron chi connectivity index (χ0n) is 14.0. The van der Waals surface area contributed by atoms with Crippen molar-refractivity contribution in [1.82, 2.24) is 0 Å². The molecule has 0 aliphatic carbocycles. The van der Waals surface area contributed by atoms with Crippen LogP contribution in [0.5, 0.6) is 0 Å². The second-order valence-corrected chi connectivity index (χ2v) is 6.30. The van der Waals surface area contributed by atoms with Crippen molar-refractivity contribution in [1.29, 1.82) is 0 Å². The first-order valence-corrected chi connectivity index (χ1v) is 8.21. The number of para-hydroxylation sites is 1. The number of amides is 1. The van der Waals surface area contributed by atoms with Gasteiger partial charge >= 0.3 is 0 Å². The van der Waals surface area contributed by atoms with Gasteiger partial charge in [0.2, 0.25) is 0 Å². The Morgan fingerprint density at radius 2 is 1.79 bits per heavy atom. The Morgan fingerprint density at radius 1 is 1.12 bits per heavy atom. The van der Waals surface area contributed by atoms with E-state index in [4.69, 9.17) is 0 Å². The fraction of sp³-hybridized carbons (Fsp3) is 0.300. The topological polar surface area (TPSA) is 57.6 Å². The van der Waals surface area contributed by atoms with E-state index >= 15 is 0 Å². The molecule has 2 aromatic rings. The molecule has 0 radical (unpaired) electrons. The third-order valence-corrected chi connectivity index (χ3v) is 4.48. The van der Waals surface area contributed by atoms with Crippen molar-refractivity contribution in [2.24, 2.45) is 0 Å². The average molecular weight is 323 g/mol. The highest BCUT2D eigenvalue weighted by atomic mass is 16.3. The smallest absolute Gasteiger partial charge is 0.264 e. The molecule has 1 heterocycles. The molecule has 1 unspecified atom stereocenters. The Labute approximate surface area is 141 Å². The zero-order chi connectivity index (χ0) is 17.3. The maximum Gasteiger partial charge on any atom is 0.264 e. The van der Waals surface area contributed by atoms with Crippen molar-refractivity contribution >= 4 is 17.4 Å². The maximum absolute atomic E-state index is 12.8. The van der Waals surface area contributed by atoms with E-state index in [1.807, 2.05) is 38.1 Å². The fourth-order valence-corrected chi connectivity index (χ4v) is 3.20. The van der Waals surface area contributed by atoms with E-state index in [9.17, 15) is 14.7 Å². The number of anilines is 1.